The first-order chi connectivity index (χ1) is 13.2. The Morgan fingerprint density at radius 2 is 1.41 bits per heavy atom. The van der Waals surface area contributed by atoms with Crippen LogP contribution in [-0.4, -0.2) is 32.4 Å². The highest BCUT2D eigenvalue weighted by Crippen LogP contribution is 2.45. The molecule has 4 atom stereocenters. The number of aryl methyl sites for hydroxylation is 2. The van der Waals surface area contributed by atoms with Crippen LogP contribution in [0.1, 0.15) is 56.1 Å². The summed E-state index contributed by atoms with van der Waals surface area (Å²) in [5.74, 6) is 1.29. The normalized spacial score (nSPS) is 21.0. The molecule has 2 heterocycles. The van der Waals surface area contributed by atoms with Gasteiger partial charge in [-0.25, -0.2) is 0 Å². The molecule has 0 saturated heterocycles. The third kappa shape index (κ3) is 7.04. The topological polar surface area (TPSA) is 66.2 Å². The Balaban J connectivity index is 1.23. The van der Waals surface area contributed by atoms with Crippen molar-refractivity contribution in [3.05, 3.63) is 60.2 Å². The van der Waals surface area contributed by atoms with Gasteiger partial charge in [0.2, 0.25) is 0 Å². The molecule has 4 heteroatoms. The Morgan fingerprint density at radius 3 is 2.07 bits per heavy atom. The fourth-order valence-corrected chi connectivity index (χ4v) is 3.92. The van der Waals surface area contributed by atoms with Gasteiger partial charge in [0.15, 0.2) is 0 Å². The summed E-state index contributed by atoms with van der Waals surface area (Å²) in [5.41, 5.74) is 2.65. The highest BCUT2D eigenvalue weighted by atomic mass is 16.3. The molecule has 0 aliphatic heterocycles. The first-order valence-corrected chi connectivity index (χ1v) is 10.4. The van der Waals surface area contributed by atoms with Gasteiger partial charge >= 0.3 is 0 Å². The number of nitrogens with zero attached hydrogens (tertiary/aromatic N) is 2. The average Bonchev–Trinajstić information content (AvgIpc) is 3.45. The van der Waals surface area contributed by atoms with Crippen LogP contribution in [0.2, 0.25) is 0 Å². The van der Waals surface area contributed by atoms with Gasteiger partial charge < -0.3 is 10.2 Å². The van der Waals surface area contributed by atoms with Gasteiger partial charge in [-0.3, -0.25) is 9.97 Å². The van der Waals surface area contributed by atoms with E-state index in [2.05, 4.69) is 34.2 Å². The fraction of sp³-hybridized carbons (Fsp3) is 0.565. The second-order valence-corrected chi connectivity index (χ2v) is 7.98. The molecule has 0 radical (unpaired) electrons. The van der Waals surface area contributed by atoms with E-state index in [1.54, 1.807) is 0 Å². The lowest BCUT2D eigenvalue weighted by Gasteiger charge is -2.17. The third-order valence-corrected chi connectivity index (χ3v) is 5.83. The molecule has 2 N–H and O–H groups in total. The summed E-state index contributed by atoms with van der Waals surface area (Å²) in [6, 6.07) is 8.26. The van der Waals surface area contributed by atoms with Gasteiger partial charge in [0.25, 0.3) is 0 Å². The Bertz CT molecular complexity index is 650. The maximum atomic E-state index is 10.3. The summed E-state index contributed by atoms with van der Waals surface area (Å²) < 4.78 is 0. The second-order valence-electron chi connectivity index (χ2n) is 7.98. The van der Waals surface area contributed by atoms with Gasteiger partial charge in [-0.15, -0.1) is 0 Å². The van der Waals surface area contributed by atoms with Crippen molar-refractivity contribution in [1.29, 1.82) is 0 Å². The number of aromatic nitrogens is 2. The molecule has 1 aliphatic rings. The van der Waals surface area contributed by atoms with Crippen molar-refractivity contribution >= 4 is 0 Å². The van der Waals surface area contributed by atoms with Crippen molar-refractivity contribution < 1.29 is 10.2 Å². The van der Waals surface area contributed by atoms with Gasteiger partial charge in [-0.2, -0.15) is 0 Å². The van der Waals surface area contributed by atoms with Gasteiger partial charge in [0, 0.05) is 24.8 Å². The molecule has 0 amide bonds. The molecule has 2 aromatic rings. The van der Waals surface area contributed by atoms with Crippen LogP contribution in [0.15, 0.2) is 49.1 Å². The van der Waals surface area contributed by atoms with Gasteiger partial charge in [0.1, 0.15) is 0 Å². The average molecular weight is 369 g/mol. The number of aliphatic hydroxyl groups is 2. The highest BCUT2D eigenvalue weighted by Gasteiger charge is 2.38. The van der Waals surface area contributed by atoms with E-state index in [4.69, 9.17) is 0 Å². The van der Waals surface area contributed by atoms with Crippen LogP contribution >= 0.6 is 0 Å². The molecular formula is C23H32N2O2. The van der Waals surface area contributed by atoms with Crippen LogP contribution in [-0.2, 0) is 12.8 Å². The molecule has 1 fully saturated rings. The molecule has 4 nitrogen and oxygen atoms in total. The van der Waals surface area contributed by atoms with Gasteiger partial charge in [-0.1, -0.05) is 12.8 Å². The summed E-state index contributed by atoms with van der Waals surface area (Å²) in [5, 5.41) is 20.5. The Kier molecular flexibility index (Phi) is 7.79. The van der Waals surface area contributed by atoms with Crippen LogP contribution in [0.25, 0.3) is 0 Å². The highest BCUT2D eigenvalue weighted by molar-refractivity contribution is 5.10. The SMILES string of the molecule is O[C@H](CCCCCc1ccncc1)[C@@H](O)CC1CC1CCc1ccncc1. The molecule has 3 rings (SSSR count). The van der Waals surface area contributed by atoms with E-state index in [0.29, 0.717) is 18.3 Å². The standard InChI is InChI=1S/C23H32N2O2/c26-22(5-3-1-2-4-18-8-12-24-13-9-18)23(27)17-21-16-20(21)7-6-19-10-14-25-15-11-19/h8-15,20-23,26-27H,1-7,16-17H2/t20?,21?,22-,23+/m1/s1. The lowest BCUT2D eigenvalue weighted by molar-refractivity contribution is 0.00455. The molecule has 1 aliphatic carbocycles. The minimum absolute atomic E-state index is 0.568. The maximum Gasteiger partial charge on any atom is 0.0801 e. The zero-order valence-corrected chi connectivity index (χ0v) is 16.1. The predicted octanol–water partition coefficient (Wildman–Crippen LogP) is 3.96. The summed E-state index contributed by atoms with van der Waals surface area (Å²) in [6.07, 6.45) is 15.3. The van der Waals surface area contributed by atoms with Crippen LogP contribution in [0, 0.1) is 11.8 Å². The van der Waals surface area contributed by atoms with Crippen molar-refractivity contribution in [2.75, 3.05) is 0 Å². The predicted molar refractivity (Wildman–Crippen MR) is 107 cm³/mol. The van der Waals surface area contributed by atoms with E-state index in [1.165, 1.54) is 24.0 Å². The Morgan fingerprint density at radius 1 is 0.778 bits per heavy atom. The molecule has 2 unspecified atom stereocenters. The van der Waals surface area contributed by atoms with Crippen molar-refractivity contribution in [3.63, 3.8) is 0 Å². The minimum atomic E-state index is -0.577. The Labute approximate surface area is 162 Å². The number of hydrogen-bond donors (Lipinski definition) is 2. The first kappa shape index (κ1) is 20.0. The largest absolute Gasteiger partial charge is 0.390 e. The molecule has 0 aromatic carbocycles. The number of aliphatic hydroxyl groups excluding tert-OH is 2. The summed E-state index contributed by atoms with van der Waals surface area (Å²) in [6.45, 7) is 0. The fourth-order valence-electron chi connectivity index (χ4n) is 3.92. The molecule has 27 heavy (non-hydrogen) atoms. The van der Waals surface area contributed by atoms with Crippen molar-refractivity contribution in [2.24, 2.45) is 11.8 Å². The quantitative estimate of drug-likeness (QED) is 0.557. The van der Waals surface area contributed by atoms with Crippen molar-refractivity contribution in [1.82, 2.24) is 9.97 Å². The summed E-state index contributed by atoms with van der Waals surface area (Å²) >= 11 is 0. The molecular weight excluding hydrogens is 336 g/mol. The monoisotopic (exact) mass is 368 g/mol. The van der Waals surface area contributed by atoms with E-state index in [0.717, 1.165) is 38.5 Å². The minimum Gasteiger partial charge on any atom is -0.390 e. The maximum absolute atomic E-state index is 10.3. The van der Waals surface area contributed by atoms with Crippen LogP contribution < -0.4 is 0 Å². The van der Waals surface area contributed by atoms with Crippen LogP contribution in [0.4, 0.5) is 0 Å². The summed E-state index contributed by atoms with van der Waals surface area (Å²) in [7, 11) is 0. The number of hydrogen-bond acceptors (Lipinski definition) is 4. The first-order valence-electron chi connectivity index (χ1n) is 10.4. The van der Waals surface area contributed by atoms with E-state index in [9.17, 15) is 10.2 Å². The smallest absolute Gasteiger partial charge is 0.0801 e. The number of unbranched alkanes of at least 4 members (excludes halogenated alkanes) is 2. The molecule has 1 saturated carbocycles. The van der Waals surface area contributed by atoms with Gasteiger partial charge in [-0.05, 0) is 92.2 Å². The lowest BCUT2D eigenvalue weighted by Crippen LogP contribution is -2.26. The van der Waals surface area contributed by atoms with Crippen molar-refractivity contribution in [2.45, 2.75) is 70.0 Å². The van der Waals surface area contributed by atoms with E-state index >= 15 is 0 Å². The zero-order chi connectivity index (χ0) is 18.9. The van der Waals surface area contributed by atoms with Crippen LogP contribution in [0.5, 0.6) is 0 Å². The number of rotatable bonds is 12. The van der Waals surface area contributed by atoms with Crippen molar-refractivity contribution in [3.8, 4) is 0 Å². The molecule has 2 aromatic heterocycles. The van der Waals surface area contributed by atoms with E-state index in [1.807, 2.05) is 24.8 Å². The summed E-state index contributed by atoms with van der Waals surface area (Å²) in [4.78, 5) is 8.08. The van der Waals surface area contributed by atoms with Gasteiger partial charge in [0.05, 0.1) is 12.2 Å². The zero-order valence-electron chi connectivity index (χ0n) is 16.1. The molecule has 146 valence electrons. The molecule has 0 spiro atoms. The Hall–Kier alpha value is -1.78. The lowest BCUT2D eigenvalue weighted by atomic mass is 9.99. The number of pyridine rings is 2. The van der Waals surface area contributed by atoms with E-state index in [-0.39, 0.29) is 0 Å². The van der Waals surface area contributed by atoms with Crippen LogP contribution in [0.3, 0.4) is 0 Å². The molecule has 0 bridgehead atoms. The third-order valence-electron chi connectivity index (χ3n) is 5.83. The second kappa shape index (κ2) is 10.5. The van der Waals surface area contributed by atoms with E-state index < -0.39 is 12.2 Å².